The molecule has 0 aliphatic heterocycles. The average Bonchev–Trinajstić information content (AvgIpc) is 2.46. The lowest BCUT2D eigenvalue weighted by Crippen LogP contribution is -2.26. The molecule has 20 heavy (non-hydrogen) atoms. The second kappa shape index (κ2) is 9.02. The van der Waals surface area contributed by atoms with Crippen LogP contribution < -0.4 is 10.2 Å². The Balaban J connectivity index is 2.85. The van der Waals surface area contributed by atoms with Gasteiger partial charge in [0, 0.05) is 25.3 Å². The third-order valence-corrected chi connectivity index (χ3v) is 3.81. The molecular formula is C18H32N2. The molecule has 0 heterocycles. The van der Waals surface area contributed by atoms with Crippen molar-refractivity contribution in [1.29, 1.82) is 0 Å². The molecule has 1 N–H and O–H groups in total. The average molecular weight is 276 g/mol. The summed E-state index contributed by atoms with van der Waals surface area (Å²) in [5, 5.41) is 3.67. The van der Waals surface area contributed by atoms with Gasteiger partial charge in [-0.2, -0.15) is 0 Å². The van der Waals surface area contributed by atoms with Crippen molar-refractivity contribution in [2.45, 2.75) is 53.0 Å². The minimum Gasteiger partial charge on any atom is -0.374 e. The SMILES string of the molecule is CCCNC(CC)c1ccccc1N(C)CCC(C)C. The Morgan fingerprint density at radius 3 is 2.45 bits per heavy atom. The molecular weight excluding hydrogens is 244 g/mol. The van der Waals surface area contributed by atoms with Crippen molar-refractivity contribution in [3.05, 3.63) is 29.8 Å². The molecule has 2 nitrogen and oxygen atoms in total. The van der Waals surface area contributed by atoms with Gasteiger partial charge < -0.3 is 10.2 Å². The Hall–Kier alpha value is -1.02. The number of benzene rings is 1. The highest BCUT2D eigenvalue weighted by Crippen LogP contribution is 2.28. The number of nitrogens with one attached hydrogen (secondary N) is 1. The zero-order valence-electron chi connectivity index (χ0n) is 13.9. The molecule has 1 atom stereocenters. The van der Waals surface area contributed by atoms with Crippen molar-refractivity contribution in [2.24, 2.45) is 5.92 Å². The number of rotatable bonds is 9. The molecule has 0 radical (unpaired) electrons. The predicted molar refractivity (Wildman–Crippen MR) is 90.5 cm³/mol. The summed E-state index contributed by atoms with van der Waals surface area (Å²) in [6, 6.07) is 9.31. The molecule has 0 aliphatic rings. The van der Waals surface area contributed by atoms with Crippen molar-refractivity contribution in [3.63, 3.8) is 0 Å². The molecule has 0 spiro atoms. The molecule has 114 valence electrons. The molecule has 0 amide bonds. The number of anilines is 1. The molecule has 0 fully saturated rings. The summed E-state index contributed by atoms with van der Waals surface area (Å²) in [4.78, 5) is 2.41. The van der Waals surface area contributed by atoms with Crippen molar-refractivity contribution in [3.8, 4) is 0 Å². The third-order valence-electron chi connectivity index (χ3n) is 3.81. The summed E-state index contributed by atoms with van der Waals surface area (Å²) in [6.45, 7) is 11.3. The van der Waals surface area contributed by atoms with Gasteiger partial charge in [0.2, 0.25) is 0 Å². The van der Waals surface area contributed by atoms with Crippen LogP contribution in [-0.4, -0.2) is 20.1 Å². The van der Waals surface area contributed by atoms with E-state index in [2.05, 4.69) is 69.2 Å². The van der Waals surface area contributed by atoms with Gasteiger partial charge in [-0.25, -0.2) is 0 Å². The maximum absolute atomic E-state index is 3.67. The Kier molecular flexibility index (Phi) is 7.68. The summed E-state index contributed by atoms with van der Waals surface area (Å²) in [5.41, 5.74) is 2.82. The summed E-state index contributed by atoms with van der Waals surface area (Å²) in [6.07, 6.45) is 3.56. The van der Waals surface area contributed by atoms with Crippen molar-refractivity contribution < 1.29 is 0 Å². The molecule has 0 bridgehead atoms. The highest BCUT2D eigenvalue weighted by Gasteiger charge is 2.14. The molecule has 1 unspecified atom stereocenters. The molecule has 0 saturated heterocycles. The Labute approximate surface area is 125 Å². The van der Waals surface area contributed by atoms with Crippen LogP contribution in [0.2, 0.25) is 0 Å². The number of para-hydroxylation sites is 1. The second-order valence-corrected chi connectivity index (χ2v) is 6.08. The Morgan fingerprint density at radius 1 is 1.15 bits per heavy atom. The highest BCUT2D eigenvalue weighted by atomic mass is 15.1. The van der Waals surface area contributed by atoms with Crippen LogP contribution in [0.3, 0.4) is 0 Å². The molecule has 0 aliphatic carbocycles. The van der Waals surface area contributed by atoms with Crippen LogP contribution in [0.4, 0.5) is 5.69 Å². The van der Waals surface area contributed by atoms with E-state index in [9.17, 15) is 0 Å². The normalized spacial score (nSPS) is 12.7. The van der Waals surface area contributed by atoms with Gasteiger partial charge in [0.05, 0.1) is 0 Å². The molecule has 2 heteroatoms. The zero-order valence-corrected chi connectivity index (χ0v) is 13.9. The number of nitrogens with zero attached hydrogens (tertiary/aromatic N) is 1. The van der Waals surface area contributed by atoms with Gasteiger partial charge >= 0.3 is 0 Å². The van der Waals surface area contributed by atoms with Gasteiger partial charge in [-0.05, 0) is 43.4 Å². The van der Waals surface area contributed by atoms with Crippen molar-refractivity contribution in [2.75, 3.05) is 25.0 Å². The first-order valence-corrected chi connectivity index (χ1v) is 8.13. The maximum atomic E-state index is 3.67. The first-order chi connectivity index (χ1) is 9.60. The van der Waals surface area contributed by atoms with Crippen LogP contribution in [0.25, 0.3) is 0 Å². The zero-order chi connectivity index (χ0) is 15.0. The largest absolute Gasteiger partial charge is 0.374 e. The lowest BCUT2D eigenvalue weighted by atomic mass is 10.0. The van der Waals surface area contributed by atoms with Crippen LogP contribution >= 0.6 is 0 Å². The van der Waals surface area contributed by atoms with Gasteiger partial charge in [0.15, 0.2) is 0 Å². The van der Waals surface area contributed by atoms with Gasteiger partial charge in [-0.3, -0.25) is 0 Å². The van der Waals surface area contributed by atoms with E-state index in [1.165, 1.54) is 24.1 Å². The van der Waals surface area contributed by atoms with E-state index < -0.39 is 0 Å². The van der Waals surface area contributed by atoms with Crippen molar-refractivity contribution in [1.82, 2.24) is 5.32 Å². The van der Waals surface area contributed by atoms with E-state index in [4.69, 9.17) is 0 Å². The Bertz CT molecular complexity index is 373. The lowest BCUT2D eigenvalue weighted by molar-refractivity contribution is 0.516. The van der Waals surface area contributed by atoms with Gasteiger partial charge in [0.1, 0.15) is 0 Å². The smallest absolute Gasteiger partial charge is 0.0412 e. The fraction of sp³-hybridized carbons (Fsp3) is 0.667. The minimum absolute atomic E-state index is 0.465. The van der Waals surface area contributed by atoms with Gasteiger partial charge in [0.25, 0.3) is 0 Å². The first kappa shape index (κ1) is 17.0. The molecule has 1 aromatic carbocycles. The second-order valence-electron chi connectivity index (χ2n) is 6.08. The standard InChI is InChI=1S/C18H32N2/c1-6-13-19-17(7-2)16-10-8-9-11-18(16)20(5)14-12-15(3)4/h8-11,15,17,19H,6-7,12-14H2,1-5H3. The topological polar surface area (TPSA) is 15.3 Å². The first-order valence-electron chi connectivity index (χ1n) is 8.13. The van der Waals surface area contributed by atoms with Crippen molar-refractivity contribution >= 4 is 5.69 Å². The molecule has 1 aromatic rings. The predicted octanol–water partition coefficient (Wildman–Crippen LogP) is 4.62. The quantitative estimate of drug-likeness (QED) is 0.708. The fourth-order valence-electron chi connectivity index (χ4n) is 2.49. The molecule has 0 saturated carbocycles. The Morgan fingerprint density at radius 2 is 1.85 bits per heavy atom. The van der Waals surface area contributed by atoms with E-state index in [0.29, 0.717) is 6.04 Å². The summed E-state index contributed by atoms with van der Waals surface area (Å²) >= 11 is 0. The van der Waals surface area contributed by atoms with E-state index in [0.717, 1.165) is 25.4 Å². The van der Waals surface area contributed by atoms with Gasteiger partial charge in [-0.1, -0.05) is 45.9 Å². The summed E-state index contributed by atoms with van der Waals surface area (Å²) in [5.74, 6) is 0.754. The van der Waals surface area contributed by atoms with E-state index in [-0.39, 0.29) is 0 Å². The van der Waals surface area contributed by atoms with Crippen LogP contribution in [0.5, 0.6) is 0 Å². The number of hydrogen-bond acceptors (Lipinski definition) is 2. The minimum atomic E-state index is 0.465. The third kappa shape index (κ3) is 5.16. The van der Waals surface area contributed by atoms with Crippen LogP contribution in [0.15, 0.2) is 24.3 Å². The summed E-state index contributed by atoms with van der Waals surface area (Å²) in [7, 11) is 2.22. The van der Waals surface area contributed by atoms with Crippen LogP contribution in [0.1, 0.15) is 58.6 Å². The number of hydrogen-bond donors (Lipinski definition) is 1. The van der Waals surface area contributed by atoms with Crippen LogP contribution in [-0.2, 0) is 0 Å². The maximum Gasteiger partial charge on any atom is 0.0412 e. The lowest BCUT2D eigenvalue weighted by Gasteiger charge is -2.27. The fourth-order valence-corrected chi connectivity index (χ4v) is 2.49. The monoisotopic (exact) mass is 276 g/mol. The van der Waals surface area contributed by atoms with E-state index >= 15 is 0 Å². The highest BCUT2D eigenvalue weighted by molar-refractivity contribution is 5.54. The molecule has 1 rings (SSSR count). The van der Waals surface area contributed by atoms with E-state index in [1.807, 2.05) is 0 Å². The van der Waals surface area contributed by atoms with Gasteiger partial charge in [-0.15, -0.1) is 0 Å². The van der Waals surface area contributed by atoms with E-state index in [1.54, 1.807) is 0 Å². The molecule has 0 aromatic heterocycles. The summed E-state index contributed by atoms with van der Waals surface area (Å²) < 4.78 is 0. The van der Waals surface area contributed by atoms with Crippen LogP contribution in [0, 0.1) is 5.92 Å².